The van der Waals surface area contributed by atoms with Crippen LogP contribution < -0.4 is 10.9 Å². The predicted molar refractivity (Wildman–Crippen MR) is 100 cm³/mol. The number of anilines is 1. The molecule has 134 valence electrons. The number of nitrogens with zero attached hydrogens (tertiary/aromatic N) is 2. The summed E-state index contributed by atoms with van der Waals surface area (Å²) >= 11 is 1.60. The van der Waals surface area contributed by atoms with Crippen LogP contribution in [0.3, 0.4) is 0 Å². The maximum absolute atomic E-state index is 13.0. The van der Waals surface area contributed by atoms with Crippen LogP contribution in [-0.2, 0) is 24.2 Å². The molecular weight excluding hydrogens is 353 g/mol. The van der Waals surface area contributed by atoms with Gasteiger partial charge in [-0.15, -0.1) is 11.3 Å². The standard InChI is InChI=1S/C19H18FN3O2S/c1-11-21-18-17(14-4-2-3-5-15(14)26-18)19(25)23(11)10-16(24)22-13-8-6-12(20)7-9-13/h6-9H,2-5,10H2,1H3,(H,22,24). The number of thiophene rings is 1. The maximum atomic E-state index is 13.0. The van der Waals surface area contributed by atoms with Gasteiger partial charge in [-0.3, -0.25) is 14.2 Å². The van der Waals surface area contributed by atoms with Crippen molar-refractivity contribution in [1.82, 2.24) is 9.55 Å². The number of fused-ring (bicyclic) bond motifs is 3. The van der Waals surface area contributed by atoms with Crippen molar-refractivity contribution >= 4 is 33.1 Å². The average molecular weight is 371 g/mol. The van der Waals surface area contributed by atoms with Crippen LogP contribution in [0.2, 0.25) is 0 Å². The normalized spacial score (nSPS) is 13.6. The Bertz CT molecular complexity index is 1050. The Morgan fingerprint density at radius 2 is 2.00 bits per heavy atom. The van der Waals surface area contributed by atoms with Gasteiger partial charge in [0.25, 0.3) is 5.56 Å². The van der Waals surface area contributed by atoms with Crippen molar-refractivity contribution in [1.29, 1.82) is 0 Å². The SMILES string of the molecule is Cc1nc2sc3c(c2c(=O)n1CC(=O)Nc1ccc(F)cc1)CCCC3. The van der Waals surface area contributed by atoms with E-state index in [9.17, 15) is 14.0 Å². The van der Waals surface area contributed by atoms with Crippen molar-refractivity contribution in [3.8, 4) is 0 Å². The number of hydrogen-bond acceptors (Lipinski definition) is 4. The summed E-state index contributed by atoms with van der Waals surface area (Å²) in [5.74, 6) is -0.186. The predicted octanol–water partition coefficient (Wildman–Crippen LogP) is 3.42. The molecule has 5 nitrogen and oxygen atoms in total. The fraction of sp³-hybridized carbons (Fsp3) is 0.316. The average Bonchev–Trinajstić information content (AvgIpc) is 2.98. The van der Waals surface area contributed by atoms with Gasteiger partial charge in [-0.05, 0) is 62.4 Å². The second-order valence-corrected chi connectivity index (χ2v) is 7.58. The smallest absolute Gasteiger partial charge is 0.263 e. The zero-order valence-electron chi connectivity index (χ0n) is 14.3. The number of rotatable bonds is 3. The van der Waals surface area contributed by atoms with Gasteiger partial charge in [0.1, 0.15) is 23.0 Å². The van der Waals surface area contributed by atoms with Crippen LogP contribution in [0.25, 0.3) is 10.2 Å². The van der Waals surface area contributed by atoms with E-state index in [0.29, 0.717) is 16.9 Å². The lowest BCUT2D eigenvalue weighted by Crippen LogP contribution is -2.30. The molecule has 4 rings (SSSR count). The number of carbonyl (C=O) groups excluding carboxylic acids is 1. The number of nitrogens with one attached hydrogen (secondary N) is 1. The number of benzene rings is 1. The van der Waals surface area contributed by atoms with Crippen LogP contribution in [0.4, 0.5) is 10.1 Å². The molecular formula is C19H18FN3O2S. The summed E-state index contributed by atoms with van der Waals surface area (Å²) in [5.41, 5.74) is 1.45. The summed E-state index contributed by atoms with van der Waals surface area (Å²) in [7, 11) is 0. The third-order valence-electron chi connectivity index (χ3n) is 4.70. The second kappa shape index (κ2) is 6.64. The minimum atomic E-state index is -0.369. The molecule has 0 atom stereocenters. The molecule has 1 aromatic carbocycles. The monoisotopic (exact) mass is 371 g/mol. The molecule has 3 aromatic rings. The lowest BCUT2D eigenvalue weighted by atomic mass is 9.97. The molecule has 26 heavy (non-hydrogen) atoms. The van der Waals surface area contributed by atoms with Gasteiger partial charge in [0, 0.05) is 10.6 Å². The molecule has 2 heterocycles. The summed E-state index contributed by atoms with van der Waals surface area (Å²) in [6.45, 7) is 1.63. The number of carbonyl (C=O) groups is 1. The molecule has 0 unspecified atom stereocenters. The summed E-state index contributed by atoms with van der Waals surface area (Å²) in [6, 6.07) is 5.52. The summed E-state index contributed by atoms with van der Waals surface area (Å²) in [6.07, 6.45) is 4.13. The number of amides is 1. The highest BCUT2D eigenvalue weighted by Gasteiger charge is 2.21. The third kappa shape index (κ3) is 3.03. The van der Waals surface area contributed by atoms with E-state index in [0.717, 1.165) is 36.1 Å². The summed E-state index contributed by atoms with van der Waals surface area (Å²) in [5, 5.41) is 3.36. The van der Waals surface area contributed by atoms with Crippen LogP contribution in [0.5, 0.6) is 0 Å². The van der Waals surface area contributed by atoms with E-state index in [-0.39, 0.29) is 23.8 Å². The van der Waals surface area contributed by atoms with E-state index in [4.69, 9.17) is 0 Å². The first-order chi connectivity index (χ1) is 12.5. The molecule has 1 N–H and O–H groups in total. The molecule has 0 bridgehead atoms. The van der Waals surface area contributed by atoms with Crippen LogP contribution in [0, 0.1) is 12.7 Å². The van der Waals surface area contributed by atoms with Gasteiger partial charge >= 0.3 is 0 Å². The number of halogens is 1. The summed E-state index contributed by atoms with van der Waals surface area (Å²) < 4.78 is 14.4. The first kappa shape index (κ1) is 16.9. The molecule has 7 heteroatoms. The van der Waals surface area contributed by atoms with Crippen LogP contribution in [0.1, 0.15) is 29.1 Å². The van der Waals surface area contributed by atoms with Crippen molar-refractivity contribution in [2.24, 2.45) is 0 Å². The molecule has 1 aliphatic rings. The van der Waals surface area contributed by atoms with Crippen LogP contribution >= 0.6 is 11.3 Å². The number of aryl methyl sites for hydroxylation is 3. The van der Waals surface area contributed by atoms with Gasteiger partial charge in [-0.2, -0.15) is 0 Å². The van der Waals surface area contributed by atoms with Gasteiger partial charge in [-0.1, -0.05) is 0 Å². The Hall–Kier alpha value is -2.54. The van der Waals surface area contributed by atoms with E-state index in [1.54, 1.807) is 18.3 Å². The van der Waals surface area contributed by atoms with Crippen LogP contribution in [-0.4, -0.2) is 15.5 Å². The molecule has 0 saturated carbocycles. The minimum absolute atomic E-state index is 0.115. The molecule has 0 radical (unpaired) electrons. The quantitative estimate of drug-likeness (QED) is 0.767. The molecule has 1 amide bonds. The zero-order valence-corrected chi connectivity index (χ0v) is 15.2. The van der Waals surface area contributed by atoms with E-state index in [1.165, 1.54) is 33.7 Å². The molecule has 0 aliphatic heterocycles. The lowest BCUT2D eigenvalue weighted by Gasteiger charge is -2.12. The first-order valence-corrected chi connectivity index (χ1v) is 9.41. The molecule has 0 spiro atoms. The van der Waals surface area contributed by atoms with Crippen LogP contribution in [0.15, 0.2) is 29.1 Å². The fourth-order valence-corrected chi connectivity index (χ4v) is 4.70. The largest absolute Gasteiger partial charge is 0.325 e. The third-order valence-corrected chi connectivity index (χ3v) is 5.88. The molecule has 0 fully saturated rings. The molecule has 2 aromatic heterocycles. The second-order valence-electron chi connectivity index (χ2n) is 6.50. The minimum Gasteiger partial charge on any atom is -0.325 e. The van der Waals surface area contributed by atoms with E-state index < -0.39 is 0 Å². The number of hydrogen-bond donors (Lipinski definition) is 1. The van der Waals surface area contributed by atoms with Crippen molar-refractivity contribution in [3.05, 3.63) is 56.7 Å². The Morgan fingerprint density at radius 1 is 1.27 bits per heavy atom. The summed E-state index contributed by atoms with van der Waals surface area (Å²) in [4.78, 5) is 32.0. The molecule has 1 aliphatic carbocycles. The highest BCUT2D eigenvalue weighted by atomic mass is 32.1. The first-order valence-electron chi connectivity index (χ1n) is 8.60. The lowest BCUT2D eigenvalue weighted by molar-refractivity contribution is -0.116. The van der Waals surface area contributed by atoms with Gasteiger partial charge < -0.3 is 5.32 Å². The maximum Gasteiger partial charge on any atom is 0.263 e. The number of aromatic nitrogens is 2. The molecule has 0 saturated heterocycles. The van der Waals surface area contributed by atoms with E-state index in [1.807, 2.05) is 0 Å². The Morgan fingerprint density at radius 3 is 2.77 bits per heavy atom. The highest BCUT2D eigenvalue weighted by molar-refractivity contribution is 7.18. The van der Waals surface area contributed by atoms with Crippen molar-refractivity contribution in [2.45, 2.75) is 39.2 Å². The van der Waals surface area contributed by atoms with Crippen molar-refractivity contribution in [2.75, 3.05) is 5.32 Å². The van der Waals surface area contributed by atoms with E-state index >= 15 is 0 Å². The Labute approximate surface area is 153 Å². The Balaban J connectivity index is 1.66. The highest BCUT2D eigenvalue weighted by Crippen LogP contribution is 2.33. The van der Waals surface area contributed by atoms with Gasteiger partial charge in [0.15, 0.2) is 0 Å². The van der Waals surface area contributed by atoms with Crippen molar-refractivity contribution < 1.29 is 9.18 Å². The van der Waals surface area contributed by atoms with Gasteiger partial charge in [-0.25, -0.2) is 9.37 Å². The fourth-order valence-electron chi connectivity index (χ4n) is 3.40. The Kier molecular flexibility index (Phi) is 4.32. The van der Waals surface area contributed by atoms with Crippen molar-refractivity contribution in [3.63, 3.8) is 0 Å². The van der Waals surface area contributed by atoms with Gasteiger partial charge in [0.05, 0.1) is 5.39 Å². The van der Waals surface area contributed by atoms with E-state index in [2.05, 4.69) is 10.3 Å². The topological polar surface area (TPSA) is 64.0 Å². The van der Waals surface area contributed by atoms with Gasteiger partial charge in [0.2, 0.25) is 5.91 Å². The zero-order chi connectivity index (χ0) is 18.3.